The lowest BCUT2D eigenvalue weighted by Crippen LogP contribution is -2.00. The minimum Gasteiger partial charge on any atom is -0.477 e. The lowest BCUT2D eigenvalue weighted by atomic mass is 10.2. The molecule has 0 aliphatic carbocycles. The molecule has 1 N–H and O–H groups in total. The summed E-state index contributed by atoms with van der Waals surface area (Å²) in [5.74, 6) is 0.569. The van der Waals surface area contributed by atoms with Crippen LogP contribution in [0.2, 0.25) is 5.02 Å². The molecule has 0 amide bonds. The van der Waals surface area contributed by atoms with Gasteiger partial charge in [-0.2, -0.15) is 0 Å². The van der Waals surface area contributed by atoms with Gasteiger partial charge in [-0.3, -0.25) is 0 Å². The molecule has 0 radical (unpaired) electrons. The first kappa shape index (κ1) is 22.1. The van der Waals surface area contributed by atoms with Crippen LogP contribution in [0.3, 0.4) is 0 Å². The molecule has 1 aliphatic rings. The third-order valence-corrected chi connectivity index (χ3v) is 6.38. The first-order valence-corrected chi connectivity index (χ1v) is 11.4. The minimum absolute atomic E-state index is 0.0530. The fourth-order valence-electron chi connectivity index (χ4n) is 3.69. The van der Waals surface area contributed by atoms with Gasteiger partial charge in [-0.05, 0) is 79.7 Å². The van der Waals surface area contributed by atoms with E-state index in [0.717, 1.165) is 34.4 Å². The van der Waals surface area contributed by atoms with Crippen LogP contribution >= 0.6 is 23.4 Å². The van der Waals surface area contributed by atoms with E-state index in [-0.39, 0.29) is 22.8 Å². The summed E-state index contributed by atoms with van der Waals surface area (Å²) in [6.07, 6.45) is 1.60. The Morgan fingerprint density at radius 2 is 1.85 bits per heavy atom. The Morgan fingerprint density at radius 1 is 1.09 bits per heavy atom. The van der Waals surface area contributed by atoms with E-state index in [4.69, 9.17) is 25.5 Å². The molecule has 10 heteroatoms. The molecule has 2 aromatic heterocycles. The molecule has 0 saturated heterocycles. The van der Waals surface area contributed by atoms with Crippen molar-refractivity contribution in [1.82, 2.24) is 14.8 Å². The van der Waals surface area contributed by atoms with Crippen LogP contribution in [0.1, 0.15) is 17.0 Å². The number of hydrogen-bond acceptors (Lipinski definition) is 7. The molecule has 34 heavy (non-hydrogen) atoms. The SMILES string of the molecule is Cc1cc(/C=C(/Sc2nnc(-c3ccc(Cl)cc3)o2)C(=O)O)c(C)n1-c1ccc2c(c1)OCO2. The van der Waals surface area contributed by atoms with E-state index in [1.54, 1.807) is 30.3 Å². The van der Waals surface area contributed by atoms with Gasteiger partial charge < -0.3 is 23.6 Å². The van der Waals surface area contributed by atoms with Crippen molar-refractivity contribution in [3.8, 4) is 28.6 Å². The molecule has 3 heterocycles. The van der Waals surface area contributed by atoms with Crippen LogP contribution in [0.4, 0.5) is 0 Å². The molecule has 2 aromatic carbocycles. The van der Waals surface area contributed by atoms with Gasteiger partial charge in [-0.25, -0.2) is 4.79 Å². The number of ether oxygens (including phenoxy) is 2. The summed E-state index contributed by atoms with van der Waals surface area (Å²) >= 11 is 6.81. The van der Waals surface area contributed by atoms with Gasteiger partial charge in [0.15, 0.2) is 11.5 Å². The summed E-state index contributed by atoms with van der Waals surface area (Å²) in [7, 11) is 0. The van der Waals surface area contributed by atoms with Crippen LogP contribution < -0.4 is 9.47 Å². The number of hydrogen-bond donors (Lipinski definition) is 1. The van der Waals surface area contributed by atoms with Crippen molar-refractivity contribution >= 4 is 35.4 Å². The van der Waals surface area contributed by atoms with Crippen LogP contribution in [0.5, 0.6) is 11.5 Å². The van der Waals surface area contributed by atoms with Gasteiger partial charge in [0.25, 0.3) is 5.22 Å². The molecule has 8 nitrogen and oxygen atoms in total. The van der Waals surface area contributed by atoms with Crippen LogP contribution in [0, 0.1) is 13.8 Å². The molecule has 0 bridgehead atoms. The number of halogens is 1. The fraction of sp³-hybridized carbons (Fsp3) is 0.125. The van der Waals surface area contributed by atoms with Gasteiger partial charge >= 0.3 is 5.97 Å². The number of aryl methyl sites for hydroxylation is 1. The van der Waals surface area contributed by atoms with E-state index in [2.05, 4.69) is 10.2 Å². The fourth-order valence-corrected chi connectivity index (χ4v) is 4.48. The van der Waals surface area contributed by atoms with E-state index in [1.807, 2.05) is 42.7 Å². The molecule has 5 rings (SSSR count). The summed E-state index contributed by atoms with van der Waals surface area (Å²) in [4.78, 5) is 12.0. The Morgan fingerprint density at radius 3 is 2.62 bits per heavy atom. The number of aliphatic carboxylic acids is 1. The van der Waals surface area contributed by atoms with Crippen molar-refractivity contribution in [1.29, 1.82) is 0 Å². The molecule has 0 spiro atoms. The summed E-state index contributed by atoms with van der Waals surface area (Å²) in [6.45, 7) is 4.09. The van der Waals surface area contributed by atoms with E-state index in [1.165, 1.54) is 0 Å². The molecular formula is C24H18ClN3O5S. The van der Waals surface area contributed by atoms with Crippen LogP contribution in [0.25, 0.3) is 23.2 Å². The second-order valence-electron chi connectivity index (χ2n) is 7.50. The smallest absolute Gasteiger partial charge is 0.342 e. The quantitative estimate of drug-likeness (QED) is 0.267. The second kappa shape index (κ2) is 8.92. The molecule has 0 fully saturated rings. The summed E-state index contributed by atoms with van der Waals surface area (Å²) < 4.78 is 18.6. The maximum absolute atomic E-state index is 12.0. The highest BCUT2D eigenvalue weighted by Gasteiger charge is 2.19. The summed E-state index contributed by atoms with van der Waals surface area (Å²) in [5, 5.41) is 18.5. The lowest BCUT2D eigenvalue weighted by Gasteiger charge is -2.10. The molecule has 0 saturated carbocycles. The van der Waals surface area contributed by atoms with Gasteiger partial charge in [0.05, 0.1) is 0 Å². The highest BCUT2D eigenvalue weighted by molar-refractivity contribution is 8.03. The standard InChI is InChI=1S/C24H18ClN3O5S/c1-13-9-16(14(2)28(13)18-7-8-19-20(11-18)32-12-31-19)10-21(23(29)30)34-24-27-26-22(33-24)15-3-5-17(25)6-4-15/h3-11H,12H2,1-2H3,(H,29,30)/b21-10+. The second-order valence-corrected chi connectivity index (χ2v) is 8.92. The first-order valence-electron chi connectivity index (χ1n) is 10.2. The van der Waals surface area contributed by atoms with Gasteiger partial charge in [-0.1, -0.05) is 11.6 Å². The Labute approximate surface area is 203 Å². The molecule has 0 unspecified atom stereocenters. The summed E-state index contributed by atoms with van der Waals surface area (Å²) in [6, 6.07) is 14.6. The number of thioether (sulfide) groups is 1. The molecule has 4 aromatic rings. The maximum atomic E-state index is 12.0. The monoisotopic (exact) mass is 495 g/mol. The normalized spacial score (nSPS) is 12.9. The highest BCUT2D eigenvalue weighted by atomic mass is 35.5. The third kappa shape index (κ3) is 4.27. The Kier molecular flexibility index (Phi) is 5.80. The largest absolute Gasteiger partial charge is 0.477 e. The van der Waals surface area contributed by atoms with Crippen LogP contribution in [-0.4, -0.2) is 32.6 Å². The van der Waals surface area contributed by atoms with E-state index < -0.39 is 5.97 Å². The molecule has 172 valence electrons. The third-order valence-electron chi connectivity index (χ3n) is 5.28. The molecule has 1 aliphatic heterocycles. The van der Waals surface area contributed by atoms with Gasteiger partial charge in [0, 0.05) is 33.7 Å². The number of fused-ring (bicyclic) bond motifs is 1. The maximum Gasteiger partial charge on any atom is 0.342 e. The zero-order valence-electron chi connectivity index (χ0n) is 18.1. The van der Waals surface area contributed by atoms with E-state index >= 15 is 0 Å². The number of carboxylic acids is 1. The summed E-state index contributed by atoms with van der Waals surface area (Å²) in [5.41, 5.74) is 4.17. The van der Waals surface area contributed by atoms with Crippen molar-refractivity contribution in [2.75, 3.05) is 6.79 Å². The number of nitrogens with zero attached hydrogens (tertiary/aromatic N) is 3. The Bertz CT molecular complexity index is 1430. The minimum atomic E-state index is -1.09. The van der Waals surface area contributed by atoms with Crippen molar-refractivity contribution < 1.29 is 23.8 Å². The lowest BCUT2D eigenvalue weighted by molar-refractivity contribution is -0.131. The predicted octanol–water partition coefficient (Wildman–Crippen LogP) is 5.74. The van der Waals surface area contributed by atoms with Gasteiger partial charge in [-0.15, -0.1) is 10.2 Å². The number of benzene rings is 2. The van der Waals surface area contributed by atoms with E-state index in [9.17, 15) is 9.90 Å². The Hall–Kier alpha value is -3.69. The number of carboxylic acid groups (broad SMARTS) is 1. The number of carbonyl (C=O) groups is 1. The average Bonchev–Trinajstić information content (AvgIpc) is 3.53. The zero-order chi connectivity index (χ0) is 23.8. The Balaban J connectivity index is 1.44. The van der Waals surface area contributed by atoms with Gasteiger partial charge in [0.1, 0.15) is 4.91 Å². The van der Waals surface area contributed by atoms with E-state index in [0.29, 0.717) is 22.1 Å². The molecule has 0 atom stereocenters. The predicted molar refractivity (Wildman–Crippen MR) is 128 cm³/mol. The van der Waals surface area contributed by atoms with Crippen molar-refractivity contribution in [2.45, 2.75) is 19.1 Å². The average molecular weight is 496 g/mol. The van der Waals surface area contributed by atoms with Crippen molar-refractivity contribution in [3.63, 3.8) is 0 Å². The number of rotatable bonds is 6. The first-order chi connectivity index (χ1) is 16.4. The number of aromatic nitrogens is 3. The molecular weight excluding hydrogens is 478 g/mol. The van der Waals surface area contributed by atoms with Crippen molar-refractivity contribution in [2.24, 2.45) is 0 Å². The zero-order valence-corrected chi connectivity index (χ0v) is 19.7. The highest BCUT2D eigenvalue weighted by Crippen LogP contribution is 2.36. The van der Waals surface area contributed by atoms with Crippen LogP contribution in [-0.2, 0) is 4.79 Å². The van der Waals surface area contributed by atoms with Crippen molar-refractivity contribution in [3.05, 3.63) is 75.4 Å². The van der Waals surface area contributed by atoms with Gasteiger partial charge in [0.2, 0.25) is 12.7 Å². The van der Waals surface area contributed by atoms with Crippen LogP contribution in [0.15, 0.2) is 63.1 Å². The topological polar surface area (TPSA) is 99.6 Å².